The maximum atomic E-state index is 10.0. The number of hydrogen-bond donors (Lipinski definition) is 3. The second-order valence-corrected chi connectivity index (χ2v) is 2.58. The van der Waals surface area contributed by atoms with E-state index in [4.69, 9.17) is 15.9 Å². The summed E-state index contributed by atoms with van der Waals surface area (Å²) in [4.78, 5) is 10.0. The molecule has 0 spiro atoms. The Hall–Kier alpha value is -0.870. The van der Waals surface area contributed by atoms with E-state index in [-0.39, 0.29) is 12.5 Å². The van der Waals surface area contributed by atoms with Gasteiger partial charge in [-0.2, -0.15) is 0 Å². The monoisotopic (exact) mass is 175 g/mol. The zero-order valence-corrected chi connectivity index (χ0v) is 7.53. The smallest absolute Gasteiger partial charge is 0.320 e. The van der Waals surface area contributed by atoms with Crippen molar-refractivity contribution in [1.82, 2.24) is 0 Å². The normalized spacial score (nSPS) is 11.4. The van der Waals surface area contributed by atoms with Gasteiger partial charge in [-0.25, -0.2) is 0 Å². The van der Waals surface area contributed by atoms with Gasteiger partial charge in [-0.3, -0.25) is 4.79 Å². The number of carboxylic acids is 1. The number of carbonyl (C=O) groups is 1. The van der Waals surface area contributed by atoms with Gasteiger partial charge in [0.05, 0.1) is 6.61 Å². The van der Waals surface area contributed by atoms with Gasteiger partial charge in [-0.05, 0) is 5.92 Å². The molecule has 0 aromatic carbocycles. The molecule has 0 unspecified atom stereocenters. The summed E-state index contributed by atoms with van der Waals surface area (Å²) in [5.41, 5.74) is 5.16. The van der Waals surface area contributed by atoms with Crippen LogP contribution in [-0.2, 0) is 4.79 Å². The second kappa shape index (κ2) is 8.23. The van der Waals surface area contributed by atoms with Crippen LogP contribution in [-0.4, -0.2) is 28.8 Å². The summed E-state index contributed by atoms with van der Waals surface area (Å²) in [6.07, 6.45) is 1.43. The molecule has 0 bridgehead atoms. The topological polar surface area (TPSA) is 83.5 Å². The summed E-state index contributed by atoms with van der Waals surface area (Å²) in [5.74, 6) is -0.910. The van der Waals surface area contributed by atoms with Crippen LogP contribution in [0.15, 0.2) is 12.7 Å². The zero-order valence-electron chi connectivity index (χ0n) is 7.53. The average Bonchev–Trinajstić information content (AvgIpc) is 2.03. The Labute approximate surface area is 72.7 Å². The molecular weight excluding hydrogens is 158 g/mol. The van der Waals surface area contributed by atoms with Crippen molar-refractivity contribution in [2.24, 2.45) is 11.7 Å². The number of rotatable bonds is 3. The molecule has 0 radical (unpaired) electrons. The van der Waals surface area contributed by atoms with Crippen LogP contribution in [0, 0.1) is 5.92 Å². The highest BCUT2D eigenvalue weighted by Crippen LogP contribution is 1.96. The van der Waals surface area contributed by atoms with Gasteiger partial charge in [-0.1, -0.05) is 19.9 Å². The molecule has 0 fully saturated rings. The molecule has 0 aromatic heterocycles. The predicted octanol–water partition coefficient (Wildman–Crippen LogP) is 0.219. The van der Waals surface area contributed by atoms with E-state index in [2.05, 4.69) is 6.58 Å². The van der Waals surface area contributed by atoms with Crippen LogP contribution in [0.5, 0.6) is 0 Å². The first kappa shape index (κ1) is 13.7. The first-order valence-electron chi connectivity index (χ1n) is 3.67. The SMILES string of the molecule is C=CCO.CC(C)[C@H](N)C(=O)O. The quantitative estimate of drug-likeness (QED) is 0.536. The lowest BCUT2D eigenvalue weighted by Gasteiger charge is -2.07. The van der Waals surface area contributed by atoms with Gasteiger partial charge >= 0.3 is 5.97 Å². The molecule has 0 heterocycles. The third kappa shape index (κ3) is 9.13. The van der Waals surface area contributed by atoms with Crippen molar-refractivity contribution in [2.75, 3.05) is 6.61 Å². The van der Waals surface area contributed by atoms with E-state index in [1.165, 1.54) is 6.08 Å². The van der Waals surface area contributed by atoms with Crippen LogP contribution in [0.2, 0.25) is 0 Å². The Kier molecular flexibility index (Phi) is 9.40. The molecule has 72 valence electrons. The van der Waals surface area contributed by atoms with Crippen molar-refractivity contribution < 1.29 is 15.0 Å². The molecule has 4 heteroatoms. The van der Waals surface area contributed by atoms with Crippen LogP contribution in [0.1, 0.15) is 13.8 Å². The fraction of sp³-hybridized carbons (Fsp3) is 0.625. The van der Waals surface area contributed by atoms with E-state index >= 15 is 0 Å². The van der Waals surface area contributed by atoms with Crippen molar-refractivity contribution in [1.29, 1.82) is 0 Å². The highest BCUT2D eigenvalue weighted by Gasteiger charge is 2.14. The molecule has 4 nitrogen and oxygen atoms in total. The van der Waals surface area contributed by atoms with Crippen LogP contribution >= 0.6 is 0 Å². The molecular formula is C8H17NO3. The number of aliphatic carboxylic acids is 1. The standard InChI is InChI=1S/C5H11NO2.C3H6O/c1-3(2)4(6)5(7)8;1-2-3-4/h3-4H,6H2,1-2H3,(H,7,8);2,4H,1,3H2/t4-;/m0./s1. The van der Waals surface area contributed by atoms with Crippen LogP contribution in [0.4, 0.5) is 0 Å². The van der Waals surface area contributed by atoms with Crippen LogP contribution < -0.4 is 5.73 Å². The van der Waals surface area contributed by atoms with E-state index < -0.39 is 12.0 Å². The minimum absolute atomic E-state index is 0.0208. The van der Waals surface area contributed by atoms with Crippen molar-refractivity contribution in [2.45, 2.75) is 19.9 Å². The summed E-state index contributed by atoms with van der Waals surface area (Å²) in [6.45, 7) is 6.87. The molecule has 0 aliphatic rings. The van der Waals surface area contributed by atoms with Gasteiger partial charge < -0.3 is 15.9 Å². The van der Waals surface area contributed by atoms with Crippen molar-refractivity contribution >= 4 is 5.97 Å². The number of hydrogen-bond acceptors (Lipinski definition) is 3. The Morgan fingerprint density at radius 1 is 1.67 bits per heavy atom. The molecule has 0 aliphatic heterocycles. The highest BCUT2D eigenvalue weighted by molar-refractivity contribution is 5.73. The number of nitrogens with two attached hydrogens (primary N) is 1. The summed E-state index contributed by atoms with van der Waals surface area (Å²) < 4.78 is 0. The molecule has 0 aliphatic carbocycles. The Bertz CT molecular complexity index is 134. The highest BCUT2D eigenvalue weighted by atomic mass is 16.4. The molecule has 0 rings (SSSR count). The van der Waals surface area contributed by atoms with Crippen molar-refractivity contribution in [3.05, 3.63) is 12.7 Å². The van der Waals surface area contributed by atoms with E-state index in [9.17, 15) is 4.79 Å². The summed E-state index contributed by atoms with van der Waals surface area (Å²) in [5, 5.41) is 16.0. The van der Waals surface area contributed by atoms with E-state index in [0.717, 1.165) is 0 Å². The molecule has 1 atom stereocenters. The lowest BCUT2D eigenvalue weighted by atomic mass is 10.1. The Morgan fingerprint density at radius 2 is 2.00 bits per heavy atom. The third-order valence-corrected chi connectivity index (χ3v) is 1.13. The van der Waals surface area contributed by atoms with Crippen molar-refractivity contribution in [3.8, 4) is 0 Å². The van der Waals surface area contributed by atoms with E-state index in [0.29, 0.717) is 0 Å². The minimum Gasteiger partial charge on any atom is -0.480 e. The predicted molar refractivity (Wildman–Crippen MR) is 47.7 cm³/mol. The van der Waals surface area contributed by atoms with Gasteiger partial charge in [0.15, 0.2) is 0 Å². The molecule has 4 N–H and O–H groups in total. The van der Waals surface area contributed by atoms with Gasteiger partial charge in [0.2, 0.25) is 0 Å². The van der Waals surface area contributed by atoms with Crippen molar-refractivity contribution in [3.63, 3.8) is 0 Å². The molecule has 0 aromatic rings. The second-order valence-electron chi connectivity index (χ2n) is 2.58. The summed E-state index contributed by atoms with van der Waals surface area (Å²) in [7, 11) is 0. The lowest BCUT2D eigenvalue weighted by molar-refractivity contribution is -0.139. The van der Waals surface area contributed by atoms with Gasteiger partial charge in [0.25, 0.3) is 0 Å². The first-order valence-corrected chi connectivity index (χ1v) is 3.67. The van der Waals surface area contributed by atoms with Gasteiger partial charge in [0.1, 0.15) is 6.04 Å². The molecule has 0 saturated carbocycles. The first-order chi connectivity index (χ1) is 5.47. The third-order valence-electron chi connectivity index (χ3n) is 1.13. The fourth-order valence-electron chi connectivity index (χ4n) is 0.285. The number of aliphatic hydroxyl groups excluding tert-OH is 1. The zero-order chi connectivity index (χ0) is 10.1. The minimum atomic E-state index is -0.931. The molecule has 12 heavy (non-hydrogen) atoms. The Balaban J connectivity index is 0. The Morgan fingerprint density at radius 3 is 2.00 bits per heavy atom. The van der Waals surface area contributed by atoms with Gasteiger partial charge in [-0.15, -0.1) is 6.58 Å². The van der Waals surface area contributed by atoms with Gasteiger partial charge in [0, 0.05) is 0 Å². The maximum Gasteiger partial charge on any atom is 0.320 e. The summed E-state index contributed by atoms with van der Waals surface area (Å²) >= 11 is 0. The molecule has 0 amide bonds. The largest absolute Gasteiger partial charge is 0.480 e. The van der Waals surface area contributed by atoms with E-state index in [1.54, 1.807) is 13.8 Å². The van der Waals surface area contributed by atoms with Crippen LogP contribution in [0.25, 0.3) is 0 Å². The number of aliphatic hydroxyl groups is 1. The van der Waals surface area contributed by atoms with E-state index in [1.807, 2.05) is 0 Å². The fourth-order valence-corrected chi connectivity index (χ4v) is 0.285. The molecule has 0 saturated heterocycles. The summed E-state index contributed by atoms with van der Waals surface area (Å²) in [6, 6.07) is -0.713. The number of carboxylic acid groups (broad SMARTS) is 1. The maximum absolute atomic E-state index is 10.0. The average molecular weight is 175 g/mol. The lowest BCUT2D eigenvalue weighted by Crippen LogP contribution is -2.34. The van der Waals surface area contributed by atoms with Crippen LogP contribution in [0.3, 0.4) is 0 Å².